The highest BCUT2D eigenvalue weighted by atomic mass is 19.4. The van der Waals surface area contributed by atoms with Crippen molar-refractivity contribution in [1.29, 1.82) is 0 Å². The van der Waals surface area contributed by atoms with E-state index in [4.69, 9.17) is 9.47 Å². The molecule has 1 atom stereocenters. The summed E-state index contributed by atoms with van der Waals surface area (Å²) < 4.78 is 49.8. The molecule has 10 heteroatoms. The van der Waals surface area contributed by atoms with Crippen molar-refractivity contribution < 1.29 is 32.2 Å². The van der Waals surface area contributed by atoms with Crippen molar-refractivity contribution in [2.24, 2.45) is 0 Å². The fraction of sp³-hybridized carbons (Fsp3) is 0.364. The molecular weight excluding hydrogens is 427 g/mol. The van der Waals surface area contributed by atoms with Crippen LogP contribution in [-0.2, 0) is 20.4 Å². The molecule has 0 aliphatic carbocycles. The first kappa shape index (κ1) is 23.6. The van der Waals surface area contributed by atoms with E-state index in [0.29, 0.717) is 24.5 Å². The van der Waals surface area contributed by atoms with Crippen LogP contribution in [-0.4, -0.2) is 38.0 Å². The van der Waals surface area contributed by atoms with Gasteiger partial charge in [-0.15, -0.1) is 0 Å². The SMILES string of the molecule is CCOC(CN1C(=O)[C@@H](NC(=O)Nc2cccc(C(F)(F)F)c2)c2ccccc21)OCC. The normalized spacial score (nSPS) is 15.8. The molecule has 3 amide bonds. The van der Waals surface area contributed by atoms with E-state index in [-0.39, 0.29) is 12.2 Å². The van der Waals surface area contributed by atoms with Gasteiger partial charge in [0.2, 0.25) is 0 Å². The molecule has 2 aromatic carbocycles. The maximum Gasteiger partial charge on any atom is 0.416 e. The molecule has 3 rings (SSSR count). The van der Waals surface area contributed by atoms with Gasteiger partial charge in [0.25, 0.3) is 5.91 Å². The van der Waals surface area contributed by atoms with Gasteiger partial charge in [0.1, 0.15) is 6.04 Å². The number of urea groups is 1. The second-order valence-electron chi connectivity index (χ2n) is 6.96. The van der Waals surface area contributed by atoms with Crippen LogP contribution in [0.5, 0.6) is 0 Å². The lowest BCUT2D eigenvalue weighted by atomic mass is 10.1. The molecule has 2 N–H and O–H groups in total. The van der Waals surface area contributed by atoms with Crippen LogP contribution >= 0.6 is 0 Å². The van der Waals surface area contributed by atoms with Gasteiger partial charge in [-0.05, 0) is 38.1 Å². The molecule has 0 saturated heterocycles. The van der Waals surface area contributed by atoms with E-state index in [2.05, 4.69) is 10.6 Å². The molecule has 32 heavy (non-hydrogen) atoms. The zero-order valence-corrected chi connectivity index (χ0v) is 17.6. The second-order valence-corrected chi connectivity index (χ2v) is 6.96. The Labute approximate surface area is 183 Å². The molecule has 0 unspecified atom stereocenters. The number of alkyl halides is 3. The van der Waals surface area contributed by atoms with Gasteiger partial charge in [0.05, 0.1) is 12.1 Å². The number of para-hydroxylation sites is 1. The predicted molar refractivity (Wildman–Crippen MR) is 112 cm³/mol. The topological polar surface area (TPSA) is 79.9 Å². The Morgan fingerprint density at radius 2 is 1.78 bits per heavy atom. The second kappa shape index (κ2) is 10.0. The van der Waals surface area contributed by atoms with Crippen molar-refractivity contribution >= 4 is 23.3 Å². The fourth-order valence-electron chi connectivity index (χ4n) is 3.46. The molecule has 0 spiro atoms. The Hall–Kier alpha value is -3.11. The molecule has 7 nitrogen and oxygen atoms in total. The molecule has 2 aromatic rings. The number of amides is 3. The third-order valence-electron chi connectivity index (χ3n) is 4.81. The Kier molecular flexibility index (Phi) is 7.37. The first-order valence-electron chi connectivity index (χ1n) is 10.1. The van der Waals surface area contributed by atoms with Gasteiger partial charge in [-0.2, -0.15) is 13.2 Å². The smallest absolute Gasteiger partial charge is 0.351 e. The third-order valence-corrected chi connectivity index (χ3v) is 4.81. The largest absolute Gasteiger partial charge is 0.416 e. The molecule has 172 valence electrons. The van der Waals surface area contributed by atoms with Crippen molar-refractivity contribution in [2.45, 2.75) is 32.4 Å². The third kappa shape index (κ3) is 5.38. The number of fused-ring (bicyclic) bond motifs is 1. The number of nitrogens with zero attached hydrogens (tertiary/aromatic N) is 1. The number of carbonyl (C=O) groups excluding carboxylic acids is 2. The maximum absolute atomic E-state index is 13.1. The van der Waals surface area contributed by atoms with Crippen LogP contribution in [0.1, 0.15) is 31.0 Å². The summed E-state index contributed by atoms with van der Waals surface area (Å²) in [5.41, 5.74) is 0.247. The Morgan fingerprint density at radius 1 is 1.09 bits per heavy atom. The van der Waals surface area contributed by atoms with Crippen LogP contribution in [0.3, 0.4) is 0 Å². The van der Waals surface area contributed by atoms with E-state index in [1.165, 1.54) is 17.0 Å². The molecule has 0 fully saturated rings. The number of halogens is 3. The minimum atomic E-state index is -4.54. The first-order chi connectivity index (χ1) is 15.2. The number of rotatable bonds is 8. The lowest BCUT2D eigenvalue weighted by molar-refractivity contribution is -0.137. The summed E-state index contributed by atoms with van der Waals surface area (Å²) >= 11 is 0. The molecule has 0 bridgehead atoms. The summed E-state index contributed by atoms with van der Waals surface area (Å²) in [5.74, 6) is -0.394. The summed E-state index contributed by atoms with van der Waals surface area (Å²) in [5, 5.41) is 4.91. The zero-order valence-electron chi connectivity index (χ0n) is 17.6. The molecular formula is C22H24F3N3O4. The number of hydrogen-bond acceptors (Lipinski definition) is 4. The van der Waals surface area contributed by atoms with Gasteiger partial charge in [0, 0.05) is 30.2 Å². The van der Waals surface area contributed by atoms with Crippen molar-refractivity contribution in [3.63, 3.8) is 0 Å². The van der Waals surface area contributed by atoms with Crippen LogP contribution in [0.4, 0.5) is 29.3 Å². The van der Waals surface area contributed by atoms with Crippen molar-refractivity contribution in [3.8, 4) is 0 Å². The number of ether oxygens (including phenoxy) is 2. The average molecular weight is 451 g/mol. The molecule has 0 aromatic heterocycles. The van der Waals surface area contributed by atoms with Crippen LogP contribution in [0, 0.1) is 0 Å². The maximum atomic E-state index is 13.1. The minimum Gasteiger partial charge on any atom is -0.351 e. The first-order valence-corrected chi connectivity index (χ1v) is 10.1. The van der Waals surface area contributed by atoms with Gasteiger partial charge >= 0.3 is 12.2 Å². The number of nitrogens with one attached hydrogen (secondary N) is 2. The van der Waals surface area contributed by atoms with Crippen LogP contribution < -0.4 is 15.5 Å². The zero-order chi connectivity index (χ0) is 23.3. The Bertz CT molecular complexity index is 961. The summed E-state index contributed by atoms with van der Waals surface area (Å²) in [6.07, 6.45) is -5.17. The van der Waals surface area contributed by atoms with Crippen molar-refractivity contribution in [1.82, 2.24) is 5.32 Å². The highest BCUT2D eigenvalue weighted by Gasteiger charge is 2.39. The summed E-state index contributed by atoms with van der Waals surface area (Å²) in [6.45, 7) is 4.55. The molecule has 1 heterocycles. The van der Waals surface area contributed by atoms with Crippen molar-refractivity contribution in [2.75, 3.05) is 30.0 Å². The fourth-order valence-corrected chi connectivity index (χ4v) is 3.46. The summed E-state index contributed by atoms with van der Waals surface area (Å²) in [7, 11) is 0. The molecule has 1 aliphatic heterocycles. The summed E-state index contributed by atoms with van der Waals surface area (Å²) in [4.78, 5) is 27.1. The molecule has 0 radical (unpaired) electrons. The van der Waals surface area contributed by atoms with Crippen LogP contribution in [0.2, 0.25) is 0 Å². The van der Waals surface area contributed by atoms with Gasteiger partial charge in [-0.1, -0.05) is 24.3 Å². The van der Waals surface area contributed by atoms with E-state index in [9.17, 15) is 22.8 Å². The Balaban J connectivity index is 1.75. The number of carbonyl (C=O) groups is 2. The predicted octanol–water partition coefficient (Wildman–Crippen LogP) is 4.31. The number of benzene rings is 2. The van der Waals surface area contributed by atoms with E-state index in [0.717, 1.165) is 12.1 Å². The molecule has 1 aliphatic rings. The van der Waals surface area contributed by atoms with E-state index < -0.39 is 36.0 Å². The quantitative estimate of drug-likeness (QED) is 0.586. The number of anilines is 2. The summed E-state index contributed by atoms with van der Waals surface area (Å²) in [6, 6.07) is 9.41. The lowest BCUT2D eigenvalue weighted by Gasteiger charge is -2.24. The Morgan fingerprint density at radius 3 is 2.44 bits per heavy atom. The highest BCUT2D eigenvalue weighted by Crippen LogP contribution is 2.36. The van der Waals surface area contributed by atoms with Crippen LogP contribution in [0.25, 0.3) is 0 Å². The molecule has 0 saturated carbocycles. The van der Waals surface area contributed by atoms with E-state index in [1.54, 1.807) is 24.3 Å². The minimum absolute atomic E-state index is 0.0410. The van der Waals surface area contributed by atoms with Gasteiger partial charge in [-0.25, -0.2) is 4.79 Å². The van der Waals surface area contributed by atoms with Gasteiger partial charge in [-0.3, -0.25) is 4.79 Å². The van der Waals surface area contributed by atoms with Crippen LogP contribution in [0.15, 0.2) is 48.5 Å². The number of hydrogen-bond donors (Lipinski definition) is 2. The van der Waals surface area contributed by atoms with Gasteiger partial charge in [0.15, 0.2) is 6.29 Å². The lowest BCUT2D eigenvalue weighted by Crippen LogP contribution is -2.43. The average Bonchev–Trinajstić information content (AvgIpc) is 2.99. The standard InChI is InChI=1S/C22H24F3N3O4/c1-3-31-18(32-4-2)13-28-17-11-6-5-10-16(17)19(20(28)29)27-21(30)26-15-9-7-8-14(12-15)22(23,24)25/h5-12,18-19H,3-4,13H2,1-2H3,(H2,26,27,30)/t19-/m0/s1. The monoisotopic (exact) mass is 451 g/mol. The van der Waals surface area contributed by atoms with Gasteiger partial charge < -0.3 is 25.0 Å². The van der Waals surface area contributed by atoms with E-state index in [1.807, 2.05) is 13.8 Å². The highest BCUT2D eigenvalue weighted by molar-refractivity contribution is 6.07. The van der Waals surface area contributed by atoms with E-state index >= 15 is 0 Å². The van der Waals surface area contributed by atoms with Crippen molar-refractivity contribution in [3.05, 3.63) is 59.7 Å².